The van der Waals surface area contributed by atoms with Crippen molar-refractivity contribution < 1.29 is 9.71 Å². The molecule has 1 nitrogen and oxygen atoms in total. The van der Waals surface area contributed by atoms with Crippen LogP contribution in [0.4, 0.5) is 4.39 Å². The van der Waals surface area contributed by atoms with Gasteiger partial charge >= 0.3 is 0 Å². The minimum Gasteiger partial charge on any atom is -0.333 e. The van der Waals surface area contributed by atoms with Crippen molar-refractivity contribution in [2.75, 3.05) is 0 Å². The van der Waals surface area contributed by atoms with Gasteiger partial charge in [-0.1, -0.05) is 72.8 Å². The molecule has 3 aromatic carbocycles. The molecule has 110 valence electrons. The van der Waals surface area contributed by atoms with Crippen molar-refractivity contribution >= 4 is 0 Å². The molecule has 0 unspecified atom stereocenters. The lowest BCUT2D eigenvalue weighted by Gasteiger charge is -2.16. The molecule has 0 amide bonds. The van der Waals surface area contributed by atoms with Crippen LogP contribution in [0, 0.1) is 5.82 Å². The molecular formula is C20H19FN+. The van der Waals surface area contributed by atoms with Crippen LogP contribution in [0.25, 0.3) is 0 Å². The zero-order valence-electron chi connectivity index (χ0n) is 12.3. The Morgan fingerprint density at radius 2 is 1.18 bits per heavy atom. The van der Waals surface area contributed by atoms with Gasteiger partial charge in [0, 0.05) is 16.7 Å². The van der Waals surface area contributed by atoms with Gasteiger partial charge in [-0.15, -0.1) is 0 Å². The van der Waals surface area contributed by atoms with Crippen LogP contribution in [-0.4, -0.2) is 0 Å². The Labute approximate surface area is 130 Å². The highest BCUT2D eigenvalue weighted by Crippen LogP contribution is 2.18. The lowest BCUT2D eigenvalue weighted by molar-refractivity contribution is -0.702. The fourth-order valence-electron chi connectivity index (χ4n) is 2.66. The molecule has 0 aliphatic heterocycles. The van der Waals surface area contributed by atoms with E-state index in [0.29, 0.717) is 0 Å². The molecular weight excluding hydrogens is 273 g/mol. The van der Waals surface area contributed by atoms with E-state index >= 15 is 0 Å². The molecule has 0 heterocycles. The SMILES string of the molecule is Fc1ccc(C[NH2+]C(c2ccccc2)c2ccccc2)cc1. The fourth-order valence-corrected chi connectivity index (χ4v) is 2.66. The first-order valence-corrected chi connectivity index (χ1v) is 7.50. The molecule has 0 radical (unpaired) electrons. The van der Waals surface area contributed by atoms with Crippen molar-refractivity contribution in [3.8, 4) is 0 Å². The van der Waals surface area contributed by atoms with E-state index in [-0.39, 0.29) is 11.9 Å². The molecule has 0 aromatic heterocycles. The predicted molar refractivity (Wildman–Crippen MR) is 86.8 cm³/mol. The smallest absolute Gasteiger partial charge is 0.138 e. The van der Waals surface area contributed by atoms with Crippen LogP contribution in [0.3, 0.4) is 0 Å². The van der Waals surface area contributed by atoms with Gasteiger partial charge in [-0.3, -0.25) is 0 Å². The highest BCUT2D eigenvalue weighted by atomic mass is 19.1. The standard InChI is InChI=1S/C20H18FN/c21-19-13-11-16(12-14-19)15-22-20(17-7-3-1-4-8-17)18-9-5-2-6-10-18/h1-14,20,22H,15H2/p+1. The van der Waals surface area contributed by atoms with Crippen LogP contribution in [-0.2, 0) is 6.54 Å². The largest absolute Gasteiger partial charge is 0.333 e. The summed E-state index contributed by atoms with van der Waals surface area (Å²) in [4.78, 5) is 0. The third kappa shape index (κ3) is 3.60. The lowest BCUT2D eigenvalue weighted by Crippen LogP contribution is -2.83. The van der Waals surface area contributed by atoms with Crippen molar-refractivity contribution in [2.24, 2.45) is 0 Å². The third-order valence-corrected chi connectivity index (χ3v) is 3.82. The summed E-state index contributed by atoms with van der Waals surface area (Å²) in [5.74, 6) is -0.189. The Kier molecular flexibility index (Phi) is 4.62. The molecule has 0 aliphatic rings. The average Bonchev–Trinajstić information content (AvgIpc) is 2.59. The summed E-state index contributed by atoms with van der Waals surface area (Å²) >= 11 is 0. The normalized spacial score (nSPS) is 10.8. The number of hydrogen-bond acceptors (Lipinski definition) is 0. The van der Waals surface area contributed by atoms with Gasteiger partial charge in [0.2, 0.25) is 0 Å². The first-order chi connectivity index (χ1) is 10.8. The summed E-state index contributed by atoms with van der Waals surface area (Å²) < 4.78 is 13.0. The summed E-state index contributed by atoms with van der Waals surface area (Å²) in [5, 5.41) is 2.29. The predicted octanol–water partition coefficient (Wildman–Crippen LogP) is 3.68. The molecule has 3 aromatic rings. The van der Waals surface area contributed by atoms with Crippen LogP contribution in [0.5, 0.6) is 0 Å². The maximum atomic E-state index is 13.0. The minimum absolute atomic E-state index is 0.189. The summed E-state index contributed by atoms with van der Waals surface area (Å²) in [7, 11) is 0. The zero-order valence-corrected chi connectivity index (χ0v) is 12.3. The van der Waals surface area contributed by atoms with Crippen LogP contribution < -0.4 is 5.32 Å². The highest BCUT2D eigenvalue weighted by Gasteiger charge is 2.16. The van der Waals surface area contributed by atoms with E-state index in [0.717, 1.165) is 12.1 Å². The van der Waals surface area contributed by atoms with E-state index in [4.69, 9.17) is 0 Å². The number of hydrogen-bond donors (Lipinski definition) is 1. The van der Waals surface area contributed by atoms with Gasteiger partial charge in [-0.05, 0) is 12.1 Å². The summed E-state index contributed by atoms with van der Waals surface area (Å²) in [6.07, 6.45) is 0. The molecule has 0 aliphatic carbocycles. The Balaban J connectivity index is 1.81. The van der Waals surface area contributed by atoms with Crippen molar-refractivity contribution in [1.29, 1.82) is 0 Å². The number of nitrogens with two attached hydrogens (primary N) is 1. The molecule has 0 bridgehead atoms. The van der Waals surface area contributed by atoms with Crippen molar-refractivity contribution in [2.45, 2.75) is 12.6 Å². The molecule has 0 spiro atoms. The Bertz CT molecular complexity index is 653. The monoisotopic (exact) mass is 292 g/mol. The number of benzene rings is 3. The molecule has 0 fully saturated rings. The molecule has 2 N–H and O–H groups in total. The highest BCUT2D eigenvalue weighted by molar-refractivity contribution is 5.29. The maximum Gasteiger partial charge on any atom is 0.138 e. The second kappa shape index (κ2) is 7.01. The van der Waals surface area contributed by atoms with E-state index in [1.807, 2.05) is 24.3 Å². The van der Waals surface area contributed by atoms with Crippen molar-refractivity contribution in [1.82, 2.24) is 0 Å². The first kappa shape index (κ1) is 14.5. The van der Waals surface area contributed by atoms with E-state index < -0.39 is 0 Å². The van der Waals surface area contributed by atoms with E-state index in [9.17, 15) is 4.39 Å². The second-order valence-electron chi connectivity index (χ2n) is 5.37. The maximum absolute atomic E-state index is 13.0. The van der Waals surface area contributed by atoms with Gasteiger partial charge in [0.15, 0.2) is 0 Å². The third-order valence-electron chi connectivity index (χ3n) is 3.82. The Morgan fingerprint density at radius 1 is 0.682 bits per heavy atom. The van der Waals surface area contributed by atoms with Gasteiger partial charge in [0.25, 0.3) is 0 Å². The van der Waals surface area contributed by atoms with Gasteiger partial charge in [-0.25, -0.2) is 4.39 Å². The molecule has 2 heteroatoms. The lowest BCUT2D eigenvalue weighted by atomic mass is 9.98. The summed E-state index contributed by atoms with van der Waals surface area (Å²) in [6.45, 7) is 0.814. The van der Waals surface area contributed by atoms with Crippen LogP contribution in [0.1, 0.15) is 22.7 Å². The number of rotatable bonds is 5. The Morgan fingerprint density at radius 3 is 1.68 bits per heavy atom. The first-order valence-electron chi connectivity index (χ1n) is 7.50. The van der Waals surface area contributed by atoms with Gasteiger partial charge in [-0.2, -0.15) is 0 Å². The fraction of sp³-hybridized carbons (Fsp3) is 0.100. The van der Waals surface area contributed by atoms with Gasteiger partial charge in [0.05, 0.1) is 0 Å². The van der Waals surface area contributed by atoms with E-state index in [1.165, 1.54) is 23.3 Å². The minimum atomic E-state index is -0.189. The topological polar surface area (TPSA) is 16.6 Å². The summed E-state index contributed by atoms with van der Waals surface area (Å²) in [6, 6.07) is 27.9. The molecule has 0 saturated carbocycles. The number of halogens is 1. The molecule has 22 heavy (non-hydrogen) atoms. The number of quaternary nitrogens is 1. The van der Waals surface area contributed by atoms with Crippen molar-refractivity contribution in [3.63, 3.8) is 0 Å². The summed E-state index contributed by atoms with van der Waals surface area (Å²) in [5.41, 5.74) is 3.67. The zero-order chi connectivity index (χ0) is 15.2. The van der Waals surface area contributed by atoms with Crippen LogP contribution in [0.15, 0.2) is 84.9 Å². The second-order valence-corrected chi connectivity index (χ2v) is 5.37. The van der Waals surface area contributed by atoms with Gasteiger partial charge in [0.1, 0.15) is 18.4 Å². The van der Waals surface area contributed by atoms with E-state index in [2.05, 4.69) is 53.8 Å². The molecule has 0 saturated heterocycles. The van der Waals surface area contributed by atoms with Gasteiger partial charge < -0.3 is 5.32 Å². The molecule has 3 rings (SSSR count). The Hall–Kier alpha value is -2.45. The van der Waals surface area contributed by atoms with Crippen LogP contribution >= 0.6 is 0 Å². The average molecular weight is 292 g/mol. The van der Waals surface area contributed by atoms with Crippen LogP contribution in [0.2, 0.25) is 0 Å². The van der Waals surface area contributed by atoms with Crippen molar-refractivity contribution in [3.05, 3.63) is 107 Å². The quantitative estimate of drug-likeness (QED) is 0.739. The van der Waals surface area contributed by atoms with E-state index in [1.54, 1.807) is 0 Å². The molecule has 0 atom stereocenters.